The van der Waals surface area contributed by atoms with E-state index in [1.807, 2.05) is 6.92 Å². The van der Waals surface area contributed by atoms with E-state index in [0.29, 0.717) is 5.56 Å². The topological polar surface area (TPSA) is 86.7 Å². The summed E-state index contributed by atoms with van der Waals surface area (Å²) >= 11 is 0. The highest BCUT2D eigenvalue weighted by Crippen LogP contribution is 2.38. The lowest BCUT2D eigenvalue weighted by Crippen LogP contribution is -2.36. The largest absolute Gasteiger partial charge is 0.481 e. The average molecular weight is 386 g/mol. The summed E-state index contributed by atoms with van der Waals surface area (Å²) in [4.78, 5) is 36.1. The molecule has 3 atom stereocenters. The number of hydrogen-bond acceptors (Lipinski definition) is 3. The van der Waals surface area contributed by atoms with E-state index in [9.17, 15) is 27.6 Å². The third-order valence-corrected chi connectivity index (χ3v) is 4.65. The molecule has 148 valence electrons. The lowest BCUT2D eigenvalue weighted by molar-refractivity contribution is -0.188. The molecule has 1 aliphatic heterocycles. The highest BCUT2D eigenvalue weighted by molar-refractivity contribution is 5.81. The summed E-state index contributed by atoms with van der Waals surface area (Å²) in [6.45, 7) is 1.95. The van der Waals surface area contributed by atoms with Crippen molar-refractivity contribution in [2.24, 2.45) is 11.8 Å². The van der Waals surface area contributed by atoms with Crippen LogP contribution in [0.15, 0.2) is 24.3 Å². The molecule has 0 bridgehead atoms. The molecule has 1 saturated heterocycles. The van der Waals surface area contributed by atoms with Gasteiger partial charge in [-0.25, -0.2) is 0 Å². The number of carbonyl (C=O) groups is 3. The second-order valence-electron chi connectivity index (χ2n) is 6.76. The number of benzene rings is 1. The van der Waals surface area contributed by atoms with Crippen LogP contribution >= 0.6 is 0 Å². The number of carbonyl (C=O) groups excluding carboxylic acids is 2. The molecule has 0 radical (unpaired) electrons. The summed E-state index contributed by atoms with van der Waals surface area (Å²) in [5.41, 5.74) is 1.62. The second-order valence-corrected chi connectivity index (χ2v) is 6.76. The maximum atomic E-state index is 13.1. The number of likely N-dealkylation sites (tertiary alicyclic amines) is 1. The summed E-state index contributed by atoms with van der Waals surface area (Å²) in [5, 5.41) is 11.7. The van der Waals surface area contributed by atoms with Gasteiger partial charge in [0, 0.05) is 20.0 Å². The highest BCUT2D eigenvalue weighted by atomic mass is 19.4. The molecule has 2 amide bonds. The molecule has 0 spiro atoms. The van der Waals surface area contributed by atoms with Crippen molar-refractivity contribution in [1.29, 1.82) is 0 Å². The molecule has 0 saturated carbocycles. The van der Waals surface area contributed by atoms with E-state index >= 15 is 0 Å². The summed E-state index contributed by atoms with van der Waals surface area (Å²) in [6.07, 6.45) is -4.95. The lowest BCUT2D eigenvalue weighted by Gasteiger charge is -2.22. The van der Waals surface area contributed by atoms with Crippen molar-refractivity contribution in [2.45, 2.75) is 32.5 Å². The number of amides is 2. The maximum absolute atomic E-state index is 13.1. The Bertz CT molecular complexity index is 718. The Morgan fingerprint density at radius 3 is 2.26 bits per heavy atom. The van der Waals surface area contributed by atoms with Crippen LogP contribution in [-0.2, 0) is 14.4 Å². The highest BCUT2D eigenvalue weighted by Gasteiger charge is 2.53. The first-order chi connectivity index (χ1) is 12.5. The maximum Gasteiger partial charge on any atom is 0.394 e. The monoisotopic (exact) mass is 386 g/mol. The first-order valence-corrected chi connectivity index (χ1v) is 8.40. The standard InChI is InChI=1S/C18H21F3N2O4/c1-10-3-5-12(6-4-10)15(22-11(2)24)7-16(25)23-8-13(17(26)27)14(9-23)18(19,20)21/h3-6,13-15H,7-9H2,1-2H3,(H,22,24)(H,26,27)/t13-,14-,15?/m1/s1. The van der Waals surface area contributed by atoms with Crippen LogP contribution < -0.4 is 5.32 Å². The van der Waals surface area contributed by atoms with E-state index in [2.05, 4.69) is 5.32 Å². The van der Waals surface area contributed by atoms with E-state index in [1.54, 1.807) is 24.3 Å². The van der Waals surface area contributed by atoms with Gasteiger partial charge >= 0.3 is 12.1 Å². The Morgan fingerprint density at radius 1 is 1.22 bits per heavy atom. The van der Waals surface area contributed by atoms with Crippen molar-refractivity contribution >= 4 is 17.8 Å². The van der Waals surface area contributed by atoms with Gasteiger partial charge in [-0.1, -0.05) is 29.8 Å². The molecule has 1 fully saturated rings. The SMILES string of the molecule is CC(=O)NC(CC(=O)N1C[C@@H](C(F)(F)F)[C@H](C(=O)O)C1)c1ccc(C)cc1. The third kappa shape index (κ3) is 5.21. The van der Waals surface area contributed by atoms with Crippen LogP contribution in [0.3, 0.4) is 0 Å². The van der Waals surface area contributed by atoms with Gasteiger partial charge in [-0.3, -0.25) is 14.4 Å². The number of alkyl halides is 3. The zero-order chi connectivity index (χ0) is 20.4. The number of nitrogens with one attached hydrogen (secondary N) is 1. The van der Waals surface area contributed by atoms with Crippen molar-refractivity contribution < 1.29 is 32.7 Å². The number of halogens is 3. The first-order valence-electron chi connectivity index (χ1n) is 8.40. The number of nitrogens with zero attached hydrogens (tertiary/aromatic N) is 1. The number of aryl methyl sites for hydroxylation is 1. The zero-order valence-electron chi connectivity index (χ0n) is 14.9. The van der Waals surface area contributed by atoms with Crippen LogP contribution in [0.2, 0.25) is 0 Å². The molecule has 0 aromatic heterocycles. The quantitative estimate of drug-likeness (QED) is 0.813. The van der Waals surface area contributed by atoms with E-state index in [0.717, 1.165) is 10.5 Å². The minimum Gasteiger partial charge on any atom is -0.481 e. The van der Waals surface area contributed by atoms with Crippen molar-refractivity contribution in [3.8, 4) is 0 Å². The molecule has 2 rings (SSSR count). The van der Waals surface area contributed by atoms with Gasteiger partial charge in [-0.15, -0.1) is 0 Å². The number of carboxylic acids is 1. The molecule has 1 aromatic rings. The molecule has 2 N–H and O–H groups in total. The predicted octanol–water partition coefficient (Wildman–Crippen LogP) is 2.28. The summed E-state index contributed by atoms with van der Waals surface area (Å²) < 4.78 is 39.3. The van der Waals surface area contributed by atoms with E-state index in [-0.39, 0.29) is 12.3 Å². The van der Waals surface area contributed by atoms with Crippen molar-refractivity contribution in [3.63, 3.8) is 0 Å². The molecule has 6 nitrogen and oxygen atoms in total. The summed E-state index contributed by atoms with van der Waals surface area (Å²) in [5.74, 6) is -6.38. The van der Waals surface area contributed by atoms with Crippen molar-refractivity contribution in [1.82, 2.24) is 10.2 Å². The van der Waals surface area contributed by atoms with Crippen LogP contribution in [0, 0.1) is 18.8 Å². The van der Waals surface area contributed by atoms with E-state index < -0.39 is 49.0 Å². The Balaban J connectivity index is 2.16. The van der Waals surface area contributed by atoms with Gasteiger partial charge in [0.1, 0.15) is 0 Å². The van der Waals surface area contributed by atoms with Gasteiger partial charge in [-0.2, -0.15) is 13.2 Å². The average Bonchev–Trinajstić information content (AvgIpc) is 3.00. The molecule has 1 unspecified atom stereocenters. The molecular formula is C18H21F3N2O4. The Labute approximate surface area is 154 Å². The Morgan fingerprint density at radius 2 is 1.81 bits per heavy atom. The molecule has 1 heterocycles. The van der Waals surface area contributed by atoms with E-state index in [4.69, 9.17) is 5.11 Å². The smallest absolute Gasteiger partial charge is 0.394 e. The summed E-state index contributed by atoms with van der Waals surface area (Å²) in [7, 11) is 0. The fourth-order valence-electron chi connectivity index (χ4n) is 3.19. The first kappa shape index (κ1) is 20.7. The van der Waals surface area contributed by atoms with Crippen molar-refractivity contribution in [2.75, 3.05) is 13.1 Å². The molecular weight excluding hydrogens is 365 g/mol. The second kappa shape index (κ2) is 7.98. The molecule has 9 heteroatoms. The molecule has 0 aliphatic carbocycles. The van der Waals surface area contributed by atoms with Gasteiger partial charge < -0.3 is 15.3 Å². The minimum absolute atomic E-state index is 0.250. The van der Waals surface area contributed by atoms with Crippen LogP contribution in [0.1, 0.15) is 30.5 Å². The predicted molar refractivity (Wildman–Crippen MR) is 89.6 cm³/mol. The van der Waals surface area contributed by atoms with Gasteiger partial charge in [0.2, 0.25) is 11.8 Å². The fraction of sp³-hybridized carbons (Fsp3) is 0.500. The zero-order valence-corrected chi connectivity index (χ0v) is 14.9. The number of carboxylic acid groups (broad SMARTS) is 1. The molecule has 1 aromatic carbocycles. The van der Waals surface area contributed by atoms with E-state index in [1.165, 1.54) is 6.92 Å². The number of aliphatic carboxylic acids is 1. The van der Waals surface area contributed by atoms with Gasteiger partial charge in [0.15, 0.2) is 0 Å². The van der Waals surface area contributed by atoms with Gasteiger partial charge in [0.25, 0.3) is 0 Å². The molecule has 1 aliphatic rings. The van der Waals surface area contributed by atoms with Gasteiger partial charge in [-0.05, 0) is 12.5 Å². The van der Waals surface area contributed by atoms with Crippen LogP contribution in [0.4, 0.5) is 13.2 Å². The lowest BCUT2D eigenvalue weighted by atomic mass is 9.96. The Kier molecular flexibility index (Phi) is 6.12. The molecule has 27 heavy (non-hydrogen) atoms. The fourth-order valence-corrected chi connectivity index (χ4v) is 3.19. The number of hydrogen-bond donors (Lipinski definition) is 2. The normalized spacial score (nSPS) is 21.0. The number of rotatable bonds is 5. The van der Waals surface area contributed by atoms with Crippen LogP contribution in [0.5, 0.6) is 0 Å². The summed E-state index contributed by atoms with van der Waals surface area (Å²) in [6, 6.07) is 6.34. The van der Waals surface area contributed by atoms with Crippen LogP contribution in [-0.4, -0.2) is 47.1 Å². The minimum atomic E-state index is -4.70. The van der Waals surface area contributed by atoms with Gasteiger partial charge in [0.05, 0.1) is 24.3 Å². The van der Waals surface area contributed by atoms with Crippen LogP contribution in [0.25, 0.3) is 0 Å². The Hall–Kier alpha value is -2.58. The third-order valence-electron chi connectivity index (χ3n) is 4.65. The van der Waals surface area contributed by atoms with Crippen molar-refractivity contribution in [3.05, 3.63) is 35.4 Å².